The van der Waals surface area contributed by atoms with Gasteiger partial charge in [-0.3, -0.25) is 0 Å². The SMILES string of the molecule is C#CCOc1ccc2nc(-c3nc4ccc(C(=O)OCC)cc4[nH]3)nc(-c3ccc(C(C)C)cc3)c2c1. The van der Waals surface area contributed by atoms with Gasteiger partial charge in [-0.2, -0.15) is 0 Å². The number of imidazole rings is 1. The average molecular weight is 491 g/mol. The van der Waals surface area contributed by atoms with E-state index in [-0.39, 0.29) is 12.6 Å². The zero-order valence-corrected chi connectivity index (χ0v) is 20.9. The molecule has 0 fully saturated rings. The quantitative estimate of drug-likeness (QED) is 0.217. The van der Waals surface area contributed by atoms with Gasteiger partial charge in [-0.25, -0.2) is 19.7 Å². The number of nitrogens with zero attached hydrogens (tertiary/aromatic N) is 3. The monoisotopic (exact) mass is 490 g/mol. The molecule has 0 bridgehead atoms. The third kappa shape index (κ3) is 4.87. The van der Waals surface area contributed by atoms with E-state index in [1.54, 1.807) is 25.1 Å². The van der Waals surface area contributed by atoms with Crippen molar-refractivity contribution in [2.24, 2.45) is 0 Å². The second-order valence-electron chi connectivity index (χ2n) is 8.88. The van der Waals surface area contributed by atoms with Crippen LogP contribution < -0.4 is 4.74 Å². The molecule has 0 atom stereocenters. The van der Waals surface area contributed by atoms with Gasteiger partial charge >= 0.3 is 5.97 Å². The number of rotatable bonds is 7. The summed E-state index contributed by atoms with van der Waals surface area (Å²) in [6.45, 7) is 6.59. The van der Waals surface area contributed by atoms with Crippen LogP contribution in [0.25, 0.3) is 44.8 Å². The van der Waals surface area contributed by atoms with Crippen LogP contribution in [0.4, 0.5) is 0 Å². The lowest BCUT2D eigenvalue weighted by Crippen LogP contribution is -2.04. The Balaban J connectivity index is 1.64. The smallest absolute Gasteiger partial charge is 0.338 e. The van der Waals surface area contributed by atoms with Crippen LogP contribution in [0.5, 0.6) is 5.75 Å². The third-order valence-electron chi connectivity index (χ3n) is 6.04. The van der Waals surface area contributed by atoms with Crippen LogP contribution in [0.15, 0.2) is 60.7 Å². The molecule has 0 amide bonds. The van der Waals surface area contributed by atoms with Crippen molar-refractivity contribution in [1.29, 1.82) is 0 Å². The van der Waals surface area contributed by atoms with E-state index in [1.165, 1.54) is 5.56 Å². The highest BCUT2D eigenvalue weighted by molar-refractivity contribution is 5.96. The van der Waals surface area contributed by atoms with Crippen molar-refractivity contribution in [3.05, 3.63) is 71.8 Å². The van der Waals surface area contributed by atoms with Gasteiger partial charge in [-0.1, -0.05) is 44.0 Å². The average Bonchev–Trinajstić information content (AvgIpc) is 3.35. The number of H-pyrrole nitrogens is 1. The topological polar surface area (TPSA) is 90.0 Å². The molecule has 2 heterocycles. The second kappa shape index (κ2) is 10.1. The lowest BCUT2D eigenvalue weighted by atomic mass is 9.99. The molecule has 0 aliphatic heterocycles. The maximum Gasteiger partial charge on any atom is 0.338 e. The summed E-state index contributed by atoms with van der Waals surface area (Å²) in [4.78, 5) is 29.8. The fourth-order valence-corrected chi connectivity index (χ4v) is 4.13. The second-order valence-corrected chi connectivity index (χ2v) is 8.88. The molecule has 0 spiro atoms. The van der Waals surface area contributed by atoms with E-state index < -0.39 is 0 Å². The summed E-state index contributed by atoms with van der Waals surface area (Å²) in [6.07, 6.45) is 5.37. The van der Waals surface area contributed by atoms with Crippen molar-refractivity contribution in [2.75, 3.05) is 13.2 Å². The summed E-state index contributed by atoms with van der Waals surface area (Å²) < 4.78 is 10.8. The third-order valence-corrected chi connectivity index (χ3v) is 6.04. The first-order chi connectivity index (χ1) is 18.0. The van der Waals surface area contributed by atoms with Gasteiger partial charge in [0.25, 0.3) is 0 Å². The van der Waals surface area contributed by atoms with Crippen molar-refractivity contribution >= 4 is 27.9 Å². The van der Waals surface area contributed by atoms with Crippen LogP contribution in [-0.2, 0) is 4.74 Å². The number of aromatic nitrogens is 4. The van der Waals surface area contributed by atoms with Gasteiger partial charge in [0.1, 0.15) is 12.4 Å². The Morgan fingerprint density at radius 2 is 1.78 bits per heavy atom. The summed E-state index contributed by atoms with van der Waals surface area (Å²) >= 11 is 0. The number of esters is 1. The van der Waals surface area contributed by atoms with Crippen molar-refractivity contribution in [2.45, 2.75) is 26.7 Å². The first kappa shape index (κ1) is 24.0. The molecular weight excluding hydrogens is 464 g/mol. The molecule has 0 saturated heterocycles. The highest BCUT2D eigenvalue weighted by atomic mass is 16.5. The highest BCUT2D eigenvalue weighted by Gasteiger charge is 2.16. The van der Waals surface area contributed by atoms with E-state index in [4.69, 9.17) is 25.9 Å². The molecule has 7 nitrogen and oxygen atoms in total. The molecule has 0 aliphatic rings. The number of hydrogen-bond donors (Lipinski definition) is 1. The zero-order valence-electron chi connectivity index (χ0n) is 20.9. The fraction of sp³-hybridized carbons (Fsp3) is 0.200. The van der Waals surface area contributed by atoms with Crippen molar-refractivity contribution in [3.63, 3.8) is 0 Å². The molecule has 184 valence electrons. The van der Waals surface area contributed by atoms with E-state index in [2.05, 4.69) is 54.0 Å². The number of ether oxygens (including phenoxy) is 2. The van der Waals surface area contributed by atoms with Gasteiger partial charge in [0.15, 0.2) is 11.6 Å². The maximum absolute atomic E-state index is 12.2. The van der Waals surface area contributed by atoms with Crippen LogP contribution in [0.3, 0.4) is 0 Å². The number of terminal acetylenes is 1. The van der Waals surface area contributed by atoms with E-state index in [0.717, 1.165) is 22.2 Å². The van der Waals surface area contributed by atoms with Crippen molar-refractivity contribution < 1.29 is 14.3 Å². The van der Waals surface area contributed by atoms with Crippen molar-refractivity contribution in [3.8, 4) is 41.0 Å². The predicted octanol–water partition coefficient (Wildman–Crippen LogP) is 6.15. The number of carbonyl (C=O) groups excluding carboxylic acids is 1. The van der Waals surface area contributed by atoms with E-state index in [9.17, 15) is 4.79 Å². The first-order valence-electron chi connectivity index (χ1n) is 12.1. The molecule has 0 radical (unpaired) electrons. The van der Waals surface area contributed by atoms with Gasteiger partial charge in [-0.15, -0.1) is 6.42 Å². The number of aromatic amines is 1. The van der Waals surface area contributed by atoms with Crippen molar-refractivity contribution in [1.82, 2.24) is 19.9 Å². The molecular formula is C30H26N4O3. The van der Waals surface area contributed by atoms with Crippen LogP contribution in [0.2, 0.25) is 0 Å². The minimum atomic E-state index is -0.377. The summed E-state index contributed by atoms with van der Waals surface area (Å²) in [7, 11) is 0. The first-order valence-corrected chi connectivity index (χ1v) is 12.1. The van der Waals surface area contributed by atoms with E-state index in [0.29, 0.717) is 46.5 Å². The Hall–Kier alpha value is -4.70. The minimum Gasteiger partial charge on any atom is -0.481 e. The number of nitrogens with one attached hydrogen (secondary N) is 1. The normalized spacial score (nSPS) is 11.1. The molecule has 37 heavy (non-hydrogen) atoms. The number of hydrogen-bond acceptors (Lipinski definition) is 6. The summed E-state index contributed by atoms with van der Waals surface area (Å²) in [6, 6.07) is 19.2. The molecule has 1 N–H and O–H groups in total. The van der Waals surface area contributed by atoms with Gasteiger partial charge < -0.3 is 14.5 Å². The molecule has 7 heteroatoms. The Kier molecular flexibility index (Phi) is 6.57. The maximum atomic E-state index is 12.2. The lowest BCUT2D eigenvalue weighted by Gasteiger charge is -2.11. The largest absolute Gasteiger partial charge is 0.481 e. The highest BCUT2D eigenvalue weighted by Crippen LogP contribution is 2.32. The lowest BCUT2D eigenvalue weighted by molar-refractivity contribution is 0.0526. The summed E-state index contributed by atoms with van der Waals surface area (Å²) in [5.41, 5.74) is 5.55. The standard InChI is InChI=1S/C30H26N4O3/c1-5-15-37-22-12-14-24-23(17-22)27(20-9-7-19(8-10-20)18(3)4)34-29(31-24)28-32-25-13-11-21(16-26(25)33-28)30(35)36-6-2/h1,7-14,16-18H,6,15H2,2-4H3,(H,32,33). The van der Waals surface area contributed by atoms with E-state index in [1.807, 2.05) is 18.2 Å². The molecule has 5 aromatic rings. The number of fused-ring (bicyclic) bond motifs is 2. The Morgan fingerprint density at radius 1 is 1.00 bits per heavy atom. The molecule has 0 unspecified atom stereocenters. The van der Waals surface area contributed by atoms with Crippen LogP contribution in [0.1, 0.15) is 42.6 Å². The summed E-state index contributed by atoms with van der Waals surface area (Å²) in [5.74, 6) is 4.14. The minimum absolute atomic E-state index is 0.176. The summed E-state index contributed by atoms with van der Waals surface area (Å²) in [5, 5.41) is 0.844. The Labute approximate surface area is 214 Å². The van der Waals surface area contributed by atoms with Gasteiger partial charge in [-0.05, 0) is 54.8 Å². The Morgan fingerprint density at radius 3 is 2.51 bits per heavy atom. The molecule has 2 aromatic heterocycles. The van der Waals surface area contributed by atoms with Crippen LogP contribution >= 0.6 is 0 Å². The van der Waals surface area contributed by atoms with Gasteiger partial charge in [0.2, 0.25) is 0 Å². The van der Waals surface area contributed by atoms with Crippen LogP contribution in [-0.4, -0.2) is 39.1 Å². The molecule has 3 aromatic carbocycles. The molecule has 0 aliphatic carbocycles. The molecule has 5 rings (SSSR count). The Bertz CT molecular complexity index is 1650. The number of carbonyl (C=O) groups is 1. The van der Waals surface area contributed by atoms with Gasteiger partial charge in [0, 0.05) is 10.9 Å². The predicted molar refractivity (Wildman–Crippen MR) is 144 cm³/mol. The number of benzene rings is 3. The zero-order chi connectivity index (χ0) is 25.9. The molecule has 0 saturated carbocycles. The van der Waals surface area contributed by atoms with Gasteiger partial charge in [0.05, 0.1) is 34.4 Å². The van der Waals surface area contributed by atoms with Crippen LogP contribution in [0, 0.1) is 12.3 Å². The van der Waals surface area contributed by atoms with E-state index >= 15 is 0 Å². The fourth-order valence-electron chi connectivity index (χ4n) is 4.13.